The van der Waals surface area contributed by atoms with E-state index in [1.807, 2.05) is 0 Å². The number of ketones is 1. The second-order valence-electron chi connectivity index (χ2n) is 1.53. The van der Waals surface area contributed by atoms with Crippen LogP contribution in [0.4, 0.5) is 0 Å². The molecule has 0 aliphatic heterocycles. The summed E-state index contributed by atoms with van der Waals surface area (Å²) in [6.07, 6.45) is 0. The molecule has 0 saturated heterocycles. The smallest absolute Gasteiger partial charge is 0.227 e. The van der Waals surface area contributed by atoms with Crippen molar-refractivity contribution in [2.45, 2.75) is 6.92 Å². The van der Waals surface area contributed by atoms with Gasteiger partial charge in [0.1, 0.15) is 0 Å². The molecule has 0 rings (SSSR count). The second-order valence-corrected chi connectivity index (χ2v) is 3.22. The van der Waals surface area contributed by atoms with Gasteiger partial charge in [0.25, 0.3) is 0 Å². The Morgan fingerprint density at radius 2 is 1.80 bits per heavy atom. The third-order valence-corrected chi connectivity index (χ3v) is 2.19. The lowest BCUT2D eigenvalue weighted by Crippen LogP contribution is -2.07. The van der Waals surface area contributed by atoms with E-state index in [0.717, 1.165) is 0 Å². The van der Waals surface area contributed by atoms with Gasteiger partial charge in [-0.1, -0.05) is 0 Å². The predicted molar refractivity (Wildman–Crippen MR) is 39.3 cm³/mol. The number of hydrogen-bond acceptors (Lipinski definition) is 4. The average Bonchev–Trinajstić information content (AvgIpc) is 1.90. The zero-order chi connectivity index (χ0) is 8.15. The van der Waals surface area contributed by atoms with Crippen molar-refractivity contribution in [1.29, 1.82) is 5.41 Å². The average molecular weight is 163 g/mol. The molecule has 1 N–H and O–H groups in total. The van der Waals surface area contributed by atoms with E-state index in [2.05, 4.69) is 0 Å². The van der Waals surface area contributed by atoms with Gasteiger partial charge in [0, 0.05) is 21.1 Å². The van der Waals surface area contributed by atoms with Crippen molar-refractivity contribution in [2.24, 2.45) is 0 Å². The molecule has 4 nitrogen and oxygen atoms in total. The number of rotatable bonds is 4. The van der Waals surface area contributed by atoms with Gasteiger partial charge in [-0.3, -0.25) is 10.2 Å². The first-order valence-electron chi connectivity index (χ1n) is 2.61. The molecule has 0 aromatic rings. The topological polar surface area (TPSA) is 59.4 Å². The summed E-state index contributed by atoms with van der Waals surface area (Å²) in [5.74, 6) is -0.310. The Labute approximate surface area is 60.9 Å². The van der Waals surface area contributed by atoms with Crippen LogP contribution in [0.15, 0.2) is 0 Å². The van der Waals surface area contributed by atoms with E-state index < -0.39 is 8.38 Å². The Balaban J connectivity index is 4.02. The molecule has 0 amide bonds. The zero-order valence-corrected chi connectivity index (χ0v) is 7.07. The molecule has 0 bridgehead atoms. The number of Topliss-reactive ketones (excluding diaryl/α,β-unsaturated/α-hetero) is 1. The molecule has 0 atom stereocenters. The van der Waals surface area contributed by atoms with E-state index in [9.17, 15) is 4.79 Å². The highest BCUT2D eigenvalue weighted by molar-refractivity contribution is 7.69. The molecule has 5 heteroatoms. The van der Waals surface area contributed by atoms with Crippen LogP contribution in [0.3, 0.4) is 0 Å². The van der Waals surface area contributed by atoms with E-state index in [1.54, 1.807) is 0 Å². The molecule has 0 aliphatic carbocycles. The Morgan fingerprint density at radius 3 is 1.90 bits per heavy atom. The quantitative estimate of drug-likeness (QED) is 0.499. The van der Waals surface area contributed by atoms with Gasteiger partial charge in [-0.2, -0.15) is 0 Å². The largest absolute Gasteiger partial charge is 0.333 e. The third kappa shape index (κ3) is 2.52. The van der Waals surface area contributed by atoms with Crippen LogP contribution < -0.4 is 0 Å². The van der Waals surface area contributed by atoms with Gasteiger partial charge in [0.2, 0.25) is 8.38 Å². The SMILES string of the molecule is COP(OC)C(=N)C(C)=O. The minimum absolute atomic E-state index is 0.0972. The van der Waals surface area contributed by atoms with E-state index in [1.165, 1.54) is 21.1 Å². The number of nitrogens with one attached hydrogen (secondary N) is 1. The molecule has 0 heterocycles. The van der Waals surface area contributed by atoms with Crippen LogP contribution in [0.1, 0.15) is 6.92 Å². The number of hydrogen-bond donors (Lipinski definition) is 1. The van der Waals surface area contributed by atoms with E-state index in [4.69, 9.17) is 14.5 Å². The highest BCUT2D eigenvalue weighted by Crippen LogP contribution is 2.37. The minimum atomic E-state index is -1.42. The number of carbonyl (C=O) groups excluding carboxylic acids is 1. The molecule has 0 radical (unpaired) electrons. The first-order chi connectivity index (χ1) is 4.63. The first-order valence-corrected chi connectivity index (χ1v) is 3.79. The molecule has 0 aliphatic rings. The predicted octanol–water partition coefficient (Wildman–Crippen LogP) is 1.16. The van der Waals surface area contributed by atoms with Crippen molar-refractivity contribution in [3.8, 4) is 0 Å². The first kappa shape index (κ1) is 9.69. The van der Waals surface area contributed by atoms with Gasteiger partial charge in [-0.15, -0.1) is 0 Å². The highest BCUT2D eigenvalue weighted by atomic mass is 31.2. The summed E-state index contributed by atoms with van der Waals surface area (Å²) in [5.41, 5.74) is -0.0972. The monoisotopic (exact) mass is 163 g/mol. The van der Waals surface area contributed by atoms with Gasteiger partial charge in [0.15, 0.2) is 11.2 Å². The van der Waals surface area contributed by atoms with Gasteiger partial charge >= 0.3 is 0 Å². The summed E-state index contributed by atoms with van der Waals surface area (Å²) in [6, 6.07) is 0. The Kier molecular flexibility index (Phi) is 4.36. The van der Waals surface area contributed by atoms with E-state index in [0.29, 0.717) is 0 Å². The molecular weight excluding hydrogens is 153 g/mol. The van der Waals surface area contributed by atoms with Crippen LogP contribution in [0, 0.1) is 5.41 Å². The number of carbonyl (C=O) groups is 1. The maximum absolute atomic E-state index is 10.5. The van der Waals surface area contributed by atoms with Crippen LogP contribution in [0.5, 0.6) is 0 Å². The van der Waals surface area contributed by atoms with E-state index >= 15 is 0 Å². The molecule has 0 aromatic carbocycles. The fourth-order valence-electron chi connectivity index (χ4n) is 0.386. The Bertz CT molecular complexity index is 144. The molecule has 58 valence electrons. The summed E-state index contributed by atoms with van der Waals surface area (Å²) >= 11 is 0. The summed E-state index contributed by atoms with van der Waals surface area (Å²) in [6.45, 7) is 1.32. The summed E-state index contributed by atoms with van der Waals surface area (Å²) in [5, 5.41) is 7.13. The van der Waals surface area contributed by atoms with Crippen molar-refractivity contribution >= 4 is 19.6 Å². The maximum atomic E-state index is 10.5. The molecule has 0 fully saturated rings. The van der Waals surface area contributed by atoms with Crippen molar-refractivity contribution in [3.63, 3.8) is 0 Å². The summed E-state index contributed by atoms with van der Waals surface area (Å²) in [7, 11) is 1.40. The fourth-order valence-corrected chi connectivity index (χ4v) is 1.16. The van der Waals surface area contributed by atoms with Crippen LogP contribution in [-0.4, -0.2) is 25.5 Å². The summed E-state index contributed by atoms with van der Waals surface area (Å²) in [4.78, 5) is 10.5. The Hall–Kier alpha value is -0.310. The lowest BCUT2D eigenvalue weighted by Gasteiger charge is -2.09. The normalized spacial score (nSPS) is 10.0. The van der Waals surface area contributed by atoms with E-state index in [-0.39, 0.29) is 11.2 Å². The minimum Gasteiger partial charge on any atom is -0.333 e. The Morgan fingerprint density at radius 1 is 1.40 bits per heavy atom. The van der Waals surface area contributed by atoms with Gasteiger partial charge in [-0.25, -0.2) is 0 Å². The van der Waals surface area contributed by atoms with Crippen LogP contribution >= 0.6 is 8.38 Å². The van der Waals surface area contributed by atoms with Crippen LogP contribution in [0.25, 0.3) is 0 Å². The zero-order valence-electron chi connectivity index (χ0n) is 6.17. The van der Waals surface area contributed by atoms with Gasteiger partial charge in [0.05, 0.1) is 0 Å². The third-order valence-electron chi connectivity index (χ3n) is 0.848. The molecule has 0 aromatic heterocycles. The lowest BCUT2D eigenvalue weighted by atomic mass is 10.5. The molecular formula is C5H10NO3P. The molecule has 10 heavy (non-hydrogen) atoms. The standard InChI is InChI=1S/C5H10NO3P/c1-4(7)5(6)10(8-2)9-3/h6H,1-3H3. The van der Waals surface area contributed by atoms with Gasteiger partial charge < -0.3 is 9.05 Å². The van der Waals surface area contributed by atoms with Gasteiger partial charge in [-0.05, 0) is 0 Å². The molecule has 0 spiro atoms. The van der Waals surface area contributed by atoms with Crippen molar-refractivity contribution < 1.29 is 13.8 Å². The van der Waals surface area contributed by atoms with Crippen LogP contribution in [0.2, 0.25) is 0 Å². The molecule has 0 saturated carbocycles. The van der Waals surface area contributed by atoms with Crippen LogP contribution in [-0.2, 0) is 13.8 Å². The van der Waals surface area contributed by atoms with Crippen molar-refractivity contribution in [3.05, 3.63) is 0 Å². The molecule has 0 unspecified atom stereocenters. The lowest BCUT2D eigenvalue weighted by molar-refractivity contribution is -0.110. The van der Waals surface area contributed by atoms with Crippen molar-refractivity contribution in [2.75, 3.05) is 14.2 Å². The second kappa shape index (κ2) is 4.50. The highest BCUT2D eigenvalue weighted by Gasteiger charge is 2.17. The van der Waals surface area contributed by atoms with Crippen molar-refractivity contribution in [1.82, 2.24) is 0 Å². The summed E-state index contributed by atoms with van der Waals surface area (Å²) < 4.78 is 9.44. The fraction of sp³-hybridized carbons (Fsp3) is 0.600. The maximum Gasteiger partial charge on any atom is 0.227 e.